The summed E-state index contributed by atoms with van der Waals surface area (Å²) in [6.45, 7) is 6.03. The summed E-state index contributed by atoms with van der Waals surface area (Å²) in [6, 6.07) is 0. The average molecular weight is 242 g/mol. The molecule has 0 spiro atoms. The molecule has 0 saturated carbocycles. The second-order valence-corrected chi connectivity index (χ2v) is 9.24. The van der Waals surface area contributed by atoms with Crippen LogP contribution < -0.4 is 0 Å². The van der Waals surface area contributed by atoms with E-state index in [9.17, 15) is 9.90 Å². The van der Waals surface area contributed by atoms with Crippen LogP contribution in [0.2, 0.25) is 19.6 Å². The second kappa shape index (κ2) is 4.43. The lowest BCUT2D eigenvalue weighted by molar-refractivity contribution is -0.119. The summed E-state index contributed by atoms with van der Waals surface area (Å²) in [5, 5.41) is 9.50. The minimum Gasteiger partial charge on any atom is -0.504 e. The van der Waals surface area contributed by atoms with Crippen molar-refractivity contribution in [1.82, 2.24) is 0 Å². The van der Waals surface area contributed by atoms with Gasteiger partial charge in [0, 0.05) is 6.42 Å². The van der Waals surface area contributed by atoms with Crippen LogP contribution in [-0.4, -0.2) is 32.4 Å². The zero-order chi connectivity index (χ0) is 12.4. The van der Waals surface area contributed by atoms with Crippen LogP contribution in [0.25, 0.3) is 0 Å². The Hall–Kier alpha value is -1.07. The Kier molecular flexibility index (Phi) is 3.60. The first-order chi connectivity index (χ1) is 7.32. The van der Waals surface area contributed by atoms with Gasteiger partial charge in [0.25, 0.3) is 0 Å². The number of methoxy groups -OCH3 is 1. The van der Waals surface area contributed by atoms with Crippen molar-refractivity contribution in [3.05, 3.63) is 23.7 Å². The van der Waals surface area contributed by atoms with E-state index in [-0.39, 0.29) is 12.2 Å². The van der Waals surface area contributed by atoms with E-state index >= 15 is 0 Å². The van der Waals surface area contributed by atoms with Crippen molar-refractivity contribution in [2.24, 2.45) is 0 Å². The van der Waals surface area contributed by atoms with Crippen LogP contribution in [0.3, 0.4) is 0 Å². The summed E-state index contributed by atoms with van der Waals surface area (Å²) < 4.78 is 10.9. The molecule has 4 nitrogen and oxygen atoms in total. The maximum Gasteiger partial charge on any atom is 0.185 e. The third kappa shape index (κ3) is 2.96. The molecule has 0 fully saturated rings. The van der Waals surface area contributed by atoms with Crippen molar-refractivity contribution < 1.29 is 19.1 Å². The number of aldehydes is 1. The Morgan fingerprint density at radius 1 is 1.50 bits per heavy atom. The lowest BCUT2D eigenvalue weighted by Crippen LogP contribution is -2.44. The standard InChI is InChI=1S/C11H18O4Si/c1-14-10-7-11(8-12,6-5-9(10)13)15-16(2,3)4/h5-6,8,13H,7H2,1-4H3. The van der Waals surface area contributed by atoms with Gasteiger partial charge in [0.05, 0.1) is 7.11 Å². The molecule has 1 aliphatic carbocycles. The van der Waals surface area contributed by atoms with Gasteiger partial charge in [-0.2, -0.15) is 0 Å². The molecule has 1 atom stereocenters. The SMILES string of the molecule is COC1=C(O)C=CC(C=O)(O[Si](C)(C)C)C1. The number of aliphatic hydroxyl groups excluding tert-OH is 1. The number of carbonyl (C=O) groups excluding carboxylic acids is 1. The molecule has 0 saturated heterocycles. The van der Waals surface area contributed by atoms with E-state index in [1.165, 1.54) is 13.2 Å². The van der Waals surface area contributed by atoms with E-state index in [1.807, 2.05) is 19.6 Å². The molecule has 0 aliphatic heterocycles. The normalized spacial score (nSPS) is 25.8. The van der Waals surface area contributed by atoms with Crippen LogP contribution in [-0.2, 0) is 14.0 Å². The molecule has 0 bridgehead atoms. The largest absolute Gasteiger partial charge is 0.504 e. The minimum atomic E-state index is -1.84. The Labute approximate surface area is 96.7 Å². The smallest absolute Gasteiger partial charge is 0.185 e. The summed E-state index contributed by atoms with van der Waals surface area (Å²) in [5.41, 5.74) is -0.984. The molecule has 0 aromatic carbocycles. The summed E-state index contributed by atoms with van der Waals surface area (Å²) in [5.74, 6) is 0.437. The maximum atomic E-state index is 11.2. The fourth-order valence-electron chi connectivity index (χ4n) is 1.64. The van der Waals surface area contributed by atoms with Gasteiger partial charge in [0.2, 0.25) is 0 Å². The molecule has 1 aliphatic rings. The lowest BCUT2D eigenvalue weighted by Gasteiger charge is -2.34. The zero-order valence-corrected chi connectivity index (χ0v) is 11.1. The third-order valence-electron chi connectivity index (χ3n) is 2.19. The fourth-order valence-corrected chi connectivity index (χ4v) is 2.96. The van der Waals surface area contributed by atoms with E-state index in [1.54, 1.807) is 6.08 Å². The molecule has 16 heavy (non-hydrogen) atoms. The van der Waals surface area contributed by atoms with Crippen molar-refractivity contribution in [3.8, 4) is 0 Å². The molecule has 0 aromatic rings. The Morgan fingerprint density at radius 3 is 2.56 bits per heavy atom. The van der Waals surface area contributed by atoms with Gasteiger partial charge in [-0.05, 0) is 31.8 Å². The third-order valence-corrected chi connectivity index (χ3v) is 3.18. The highest BCUT2D eigenvalue weighted by Crippen LogP contribution is 2.30. The Morgan fingerprint density at radius 2 is 2.12 bits per heavy atom. The summed E-state index contributed by atoms with van der Waals surface area (Å²) in [6.07, 6.45) is 4.07. The number of allylic oxidation sites excluding steroid dienone is 1. The number of hydrogen-bond acceptors (Lipinski definition) is 4. The second-order valence-electron chi connectivity index (χ2n) is 4.81. The van der Waals surface area contributed by atoms with Crippen molar-refractivity contribution in [3.63, 3.8) is 0 Å². The van der Waals surface area contributed by atoms with Crippen molar-refractivity contribution in [1.29, 1.82) is 0 Å². The molecule has 1 rings (SSSR count). The van der Waals surface area contributed by atoms with Crippen LogP contribution in [0.4, 0.5) is 0 Å². The van der Waals surface area contributed by atoms with E-state index < -0.39 is 13.9 Å². The van der Waals surface area contributed by atoms with Crippen LogP contribution >= 0.6 is 0 Å². The van der Waals surface area contributed by atoms with Gasteiger partial charge in [-0.3, -0.25) is 4.79 Å². The highest BCUT2D eigenvalue weighted by atomic mass is 28.4. The molecule has 90 valence electrons. The first-order valence-electron chi connectivity index (χ1n) is 5.14. The van der Waals surface area contributed by atoms with E-state index in [0.29, 0.717) is 5.76 Å². The van der Waals surface area contributed by atoms with Crippen LogP contribution in [0.5, 0.6) is 0 Å². The van der Waals surface area contributed by atoms with Crippen LogP contribution in [0, 0.1) is 0 Å². The quantitative estimate of drug-likeness (QED) is 0.606. The number of aliphatic hydroxyl groups is 1. The molecular formula is C11H18O4Si. The Balaban J connectivity index is 2.95. The predicted molar refractivity (Wildman–Crippen MR) is 63.6 cm³/mol. The van der Waals surface area contributed by atoms with E-state index in [0.717, 1.165) is 6.29 Å². The number of ether oxygens (including phenoxy) is 1. The van der Waals surface area contributed by atoms with Gasteiger partial charge >= 0.3 is 0 Å². The molecule has 1 N–H and O–H groups in total. The predicted octanol–water partition coefficient (Wildman–Crippen LogP) is 2.15. The first-order valence-corrected chi connectivity index (χ1v) is 8.54. The van der Waals surface area contributed by atoms with Crippen LogP contribution in [0.1, 0.15) is 6.42 Å². The monoisotopic (exact) mass is 242 g/mol. The molecule has 5 heteroatoms. The molecular weight excluding hydrogens is 224 g/mol. The lowest BCUT2D eigenvalue weighted by atomic mass is 9.95. The maximum absolute atomic E-state index is 11.2. The highest BCUT2D eigenvalue weighted by molar-refractivity contribution is 6.70. The minimum absolute atomic E-state index is 0.0548. The topological polar surface area (TPSA) is 55.8 Å². The van der Waals surface area contributed by atoms with Crippen molar-refractivity contribution in [2.75, 3.05) is 7.11 Å². The van der Waals surface area contributed by atoms with Gasteiger partial charge in [0.1, 0.15) is 11.4 Å². The fraction of sp³-hybridized carbons (Fsp3) is 0.545. The highest BCUT2D eigenvalue weighted by Gasteiger charge is 2.37. The number of rotatable bonds is 4. The Bertz CT molecular complexity index is 340. The summed E-state index contributed by atoms with van der Waals surface area (Å²) in [4.78, 5) is 11.2. The average Bonchev–Trinajstić information content (AvgIpc) is 2.19. The zero-order valence-electron chi connectivity index (χ0n) is 10.1. The molecule has 0 aromatic heterocycles. The van der Waals surface area contributed by atoms with Crippen molar-refractivity contribution >= 4 is 14.6 Å². The molecule has 0 heterocycles. The number of carbonyl (C=O) groups is 1. The first kappa shape index (κ1) is 13.0. The van der Waals surface area contributed by atoms with Crippen LogP contribution in [0.15, 0.2) is 23.7 Å². The molecule has 0 amide bonds. The van der Waals surface area contributed by atoms with E-state index in [2.05, 4.69) is 0 Å². The van der Waals surface area contributed by atoms with E-state index in [4.69, 9.17) is 9.16 Å². The molecule has 1 unspecified atom stereocenters. The van der Waals surface area contributed by atoms with Gasteiger partial charge in [-0.25, -0.2) is 0 Å². The number of hydrogen-bond donors (Lipinski definition) is 1. The van der Waals surface area contributed by atoms with Gasteiger partial charge in [0.15, 0.2) is 20.4 Å². The van der Waals surface area contributed by atoms with Gasteiger partial charge in [-0.15, -0.1) is 0 Å². The molecule has 0 radical (unpaired) electrons. The summed E-state index contributed by atoms with van der Waals surface area (Å²) in [7, 11) is -0.378. The van der Waals surface area contributed by atoms with Gasteiger partial charge < -0.3 is 14.3 Å². The van der Waals surface area contributed by atoms with Crippen molar-refractivity contribution in [2.45, 2.75) is 31.7 Å². The van der Waals surface area contributed by atoms with Gasteiger partial charge in [-0.1, -0.05) is 0 Å². The summed E-state index contributed by atoms with van der Waals surface area (Å²) >= 11 is 0.